The number of rotatable bonds is 8. The van der Waals surface area contributed by atoms with Gasteiger partial charge < -0.3 is 38.6 Å². The van der Waals surface area contributed by atoms with Gasteiger partial charge in [-0.15, -0.1) is 0 Å². The number of ether oxygens (including phenoxy) is 6. The fourth-order valence-corrected chi connectivity index (χ4v) is 6.40. The molecule has 4 aliphatic rings. The highest BCUT2D eigenvalue weighted by atomic mass is 16.7. The molecule has 42 heavy (non-hydrogen) atoms. The maximum atomic E-state index is 10.9. The van der Waals surface area contributed by atoms with Crippen molar-refractivity contribution in [2.45, 2.75) is 50.5 Å². The molecule has 0 saturated heterocycles. The van der Waals surface area contributed by atoms with E-state index in [-0.39, 0.29) is 25.0 Å². The van der Waals surface area contributed by atoms with Gasteiger partial charge in [-0.3, -0.25) is 9.59 Å². The van der Waals surface area contributed by atoms with Crippen LogP contribution < -0.4 is 18.9 Å². The van der Waals surface area contributed by atoms with Crippen LogP contribution >= 0.6 is 0 Å². The standard InChI is InChI=1S/C32H30O10/c33-15-37-13-21-6-4-17-9-25-27(11-23(17)29(21)35)41-31(39-25)19-2-1-3-20(8-19)32-40-26-10-18-5-7-22(14-38-16-34)30(36)24(18)12-28(26)42-32/h1-3,8-12,15-16,21-22,29-32,35-36H,4-7,13-14H2. The predicted octanol–water partition coefficient (Wildman–Crippen LogP) is 4.16. The van der Waals surface area contributed by atoms with Gasteiger partial charge in [-0.05, 0) is 78.3 Å². The Labute approximate surface area is 241 Å². The molecule has 0 aromatic heterocycles. The zero-order valence-electron chi connectivity index (χ0n) is 22.6. The van der Waals surface area contributed by atoms with Crippen LogP contribution in [0.1, 0.15) is 71.0 Å². The Hall–Kier alpha value is -4.28. The number of benzene rings is 3. The van der Waals surface area contributed by atoms with Crippen molar-refractivity contribution < 1.29 is 48.2 Å². The lowest BCUT2D eigenvalue weighted by molar-refractivity contribution is -0.132. The summed E-state index contributed by atoms with van der Waals surface area (Å²) in [5.74, 6) is 1.97. The molecule has 10 nitrogen and oxygen atoms in total. The number of aryl methyl sites for hydroxylation is 2. The molecule has 218 valence electrons. The number of hydrogen-bond acceptors (Lipinski definition) is 10. The summed E-state index contributed by atoms with van der Waals surface area (Å²) in [7, 11) is 0. The molecule has 7 rings (SSSR count). The van der Waals surface area contributed by atoms with Gasteiger partial charge in [-0.25, -0.2) is 0 Å². The second-order valence-corrected chi connectivity index (χ2v) is 11.1. The highest BCUT2D eigenvalue weighted by Crippen LogP contribution is 2.48. The summed E-state index contributed by atoms with van der Waals surface area (Å²) in [5.41, 5.74) is 5.05. The Kier molecular flexibility index (Phi) is 6.87. The summed E-state index contributed by atoms with van der Waals surface area (Å²) in [6, 6.07) is 15.1. The van der Waals surface area contributed by atoms with Crippen molar-refractivity contribution in [2.75, 3.05) is 13.2 Å². The number of hydrogen-bond donors (Lipinski definition) is 2. The Morgan fingerprint density at radius 2 is 1.10 bits per heavy atom. The van der Waals surface area contributed by atoms with Crippen molar-refractivity contribution in [1.29, 1.82) is 0 Å². The van der Waals surface area contributed by atoms with Crippen LogP contribution in [0.3, 0.4) is 0 Å². The maximum Gasteiger partial charge on any atom is 0.293 e. The third kappa shape index (κ3) is 4.70. The molecule has 0 spiro atoms. The highest BCUT2D eigenvalue weighted by Gasteiger charge is 2.36. The van der Waals surface area contributed by atoms with E-state index in [2.05, 4.69) is 0 Å². The zero-order chi connectivity index (χ0) is 28.8. The number of fused-ring (bicyclic) bond motifs is 4. The Morgan fingerprint density at radius 1 is 0.667 bits per heavy atom. The first-order valence-corrected chi connectivity index (χ1v) is 14.1. The maximum absolute atomic E-state index is 10.9. The van der Waals surface area contributed by atoms with Gasteiger partial charge in [0.25, 0.3) is 25.5 Å². The SMILES string of the molecule is O=COCC1CCc2cc3c(cc2C1O)OC(c1cccc(C2Oc4cc5c(cc4O2)C(O)C(COC=O)CC5)c1)O3. The van der Waals surface area contributed by atoms with Crippen LogP contribution in [0.4, 0.5) is 0 Å². The number of carbonyl (C=O) groups is 2. The van der Waals surface area contributed by atoms with E-state index >= 15 is 0 Å². The van der Waals surface area contributed by atoms with Crippen molar-refractivity contribution >= 4 is 12.9 Å². The van der Waals surface area contributed by atoms with Crippen LogP contribution in [0.25, 0.3) is 0 Å². The van der Waals surface area contributed by atoms with E-state index in [9.17, 15) is 19.8 Å². The van der Waals surface area contributed by atoms with E-state index in [1.54, 1.807) is 0 Å². The van der Waals surface area contributed by atoms with Gasteiger partial charge in [-0.1, -0.05) is 18.2 Å². The minimum absolute atomic E-state index is 0.169. The van der Waals surface area contributed by atoms with E-state index in [0.29, 0.717) is 48.8 Å². The molecule has 3 aromatic rings. The minimum Gasteiger partial charge on any atom is -0.467 e. The number of carbonyl (C=O) groups excluding carboxylic acids is 2. The first kappa shape index (κ1) is 26.6. The molecule has 6 atom stereocenters. The summed E-state index contributed by atoms with van der Waals surface area (Å²) in [5, 5.41) is 21.7. The molecule has 0 fully saturated rings. The summed E-state index contributed by atoms with van der Waals surface area (Å²) in [4.78, 5) is 21.2. The van der Waals surface area contributed by atoms with Crippen LogP contribution in [0.5, 0.6) is 23.0 Å². The molecule has 2 N–H and O–H groups in total. The second kappa shape index (κ2) is 10.8. The molecular formula is C32H30O10. The van der Waals surface area contributed by atoms with Crippen molar-refractivity contribution in [2.24, 2.45) is 11.8 Å². The van der Waals surface area contributed by atoms with Crippen LogP contribution in [0, 0.1) is 11.8 Å². The third-order valence-electron chi connectivity index (χ3n) is 8.66. The molecule has 2 aliphatic heterocycles. The van der Waals surface area contributed by atoms with E-state index in [4.69, 9.17) is 28.4 Å². The molecule has 0 saturated carbocycles. The normalized spacial score (nSPS) is 26.6. The smallest absolute Gasteiger partial charge is 0.293 e. The van der Waals surface area contributed by atoms with Gasteiger partial charge in [0.1, 0.15) is 0 Å². The van der Waals surface area contributed by atoms with Crippen molar-refractivity contribution in [3.63, 3.8) is 0 Å². The molecule has 0 radical (unpaired) electrons. The molecule has 0 bridgehead atoms. The first-order valence-electron chi connectivity index (χ1n) is 14.1. The molecule has 10 heteroatoms. The summed E-state index contributed by atoms with van der Waals surface area (Å²) >= 11 is 0. The van der Waals surface area contributed by atoms with Crippen LogP contribution in [0.2, 0.25) is 0 Å². The molecule has 0 amide bonds. The molecule has 2 aliphatic carbocycles. The van der Waals surface area contributed by atoms with E-state index < -0.39 is 24.8 Å². The number of aliphatic hydroxyl groups excluding tert-OH is 2. The lowest BCUT2D eigenvalue weighted by Crippen LogP contribution is -2.24. The van der Waals surface area contributed by atoms with Gasteiger partial charge in [0.05, 0.1) is 25.4 Å². The Morgan fingerprint density at radius 3 is 1.52 bits per heavy atom. The van der Waals surface area contributed by atoms with E-state index in [1.165, 1.54) is 0 Å². The third-order valence-corrected chi connectivity index (χ3v) is 8.66. The lowest BCUT2D eigenvalue weighted by Gasteiger charge is -2.29. The quantitative estimate of drug-likeness (QED) is 0.378. The van der Waals surface area contributed by atoms with Crippen molar-refractivity contribution in [1.82, 2.24) is 0 Å². The average Bonchev–Trinajstić information content (AvgIpc) is 3.63. The molecule has 3 aromatic carbocycles. The monoisotopic (exact) mass is 574 g/mol. The largest absolute Gasteiger partial charge is 0.467 e. The van der Waals surface area contributed by atoms with Crippen LogP contribution in [-0.4, -0.2) is 36.4 Å². The zero-order valence-corrected chi connectivity index (χ0v) is 22.6. The fraction of sp³-hybridized carbons (Fsp3) is 0.375. The van der Waals surface area contributed by atoms with E-state index in [1.807, 2.05) is 48.5 Å². The second-order valence-electron chi connectivity index (χ2n) is 11.1. The average molecular weight is 575 g/mol. The molecule has 2 heterocycles. The summed E-state index contributed by atoms with van der Waals surface area (Å²) in [6.07, 6.45) is -0.0152. The molecular weight excluding hydrogens is 544 g/mol. The van der Waals surface area contributed by atoms with Crippen LogP contribution in [-0.2, 0) is 31.9 Å². The topological polar surface area (TPSA) is 130 Å². The minimum atomic E-state index is -0.759. The fourth-order valence-electron chi connectivity index (χ4n) is 6.40. The first-order chi connectivity index (χ1) is 20.5. The summed E-state index contributed by atoms with van der Waals surface area (Å²) < 4.78 is 34.5. The summed E-state index contributed by atoms with van der Waals surface area (Å²) in [6.45, 7) is 1.15. The van der Waals surface area contributed by atoms with E-state index in [0.717, 1.165) is 46.2 Å². The highest BCUT2D eigenvalue weighted by molar-refractivity contribution is 5.53. The molecule has 6 unspecified atom stereocenters. The van der Waals surface area contributed by atoms with Crippen LogP contribution in [0.15, 0.2) is 48.5 Å². The van der Waals surface area contributed by atoms with Gasteiger partial charge in [-0.2, -0.15) is 0 Å². The van der Waals surface area contributed by atoms with Crippen molar-refractivity contribution in [3.8, 4) is 23.0 Å². The van der Waals surface area contributed by atoms with Gasteiger partial charge >= 0.3 is 0 Å². The Balaban J connectivity index is 1.07. The lowest BCUT2D eigenvalue weighted by atomic mass is 9.81. The predicted molar refractivity (Wildman–Crippen MR) is 145 cm³/mol. The van der Waals surface area contributed by atoms with Gasteiger partial charge in [0, 0.05) is 23.0 Å². The van der Waals surface area contributed by atoms with Crippen molar-refractivity contribution in [3.05, 3.63) is 81.9 Å². The Bertz CT molecular complexity index is 1410. The number of aliphatic hydroxyl groups is 2. The van der Waals surface area contributed by atoms with Gasteiger partial charge in [0.15, 0.2) is 23.0 Å². The van der Waals surface area contributed by atoms with Gasteiger partial charge in [0.2, 0.25) is 0 Å².